The zero-order valence-electron chi connectivity index (χ0n) is 14.4. The van der Waals surface area contributed by atoms with E-state index in [9.17, 15) is 14.9 Å². The standard InChI is InChI=1S/C21H16N4O2/c22-13-14-3-1-4-17-16(14)6-7-19(17)25-12-2-5-18(21(25)27)20(26)24-15-8-10-23-11-9-15/h1-5,8-12,19H,6-7H2,(H,23,24,26). The lowest BCUT2D eigenvalue weighted by Crippen LogP contribution is -2.31. The third kappa shape index (κ3) is 3.00. The van der Waals surface area contributed by atoms with Crippen molar-refractivity contribution in [2.75, 3.05) is 5.32 Å². The van der Waals surface area contributed by atoms with Gasteiger partial charge in [0.05, 0.1) is 17.7 Å². The zero-order valence-corrected chi connectivity index (χ0v) is 14.4. The van der Waals surface area contributed by atoms with Gasteiger partial charge in [0.1, 0.15) is 5.56 Å². The van der Waals surface area contributed by atoms with Crippen LogP contribution in [0.25, 0.3) is 0 Å². The van der Waals surface area contributed by atoms with Crippen LogP contribution >= 0.6 is 0 Å². The van der Waals surface area contributed by atoms with Crippen LogP contribution in [0.4, 0.5) is 5.69 Å². The molecule has 0 radical (unpaired) electrons. The van der Waals surface area contributed by atoms with E-state index in [1.54, 1.807) is 47.4 Å². The summed E-state index contributed by atoms with van der Waals surface area (Å²) in [6.07, 6.45) is 6.31. The van der Waals surface area contributed by atoms with E-state index in [0.29, 0.717) is 11.3 Å². The molecule has 0 aliphatic heterocycles. The van der Waals surface area contributed by atoms with Gasteiger partial charge in [0, 0.05) is 24.3 Å². The van der Waals surface area contributed by atoms with Crippen molar-refractivity contribution in [1.29, 1.82) is 5.26 Å². The van der Waals surface area contributed by atoms with E-state index < -0.39 is 5.91 Å². The number of nitrogens with zero attached hydrogens (tertiary/aromatic N) is 3. The van der Waals surface area contributed by atoms with Gasteiger partial charge in [-0.3, -0.25) is 14.6 Å². The minimum absolute atomic E-state index is 0.0826. The summed E-state index contributed by atoms with van der Waals surface area (Å²) in [4.78, 5) is 29.4. The van der Waals surface area contributed by atoms with E-state index in [-0.39, 0.29) is 17.2 Å². The average molecular weight is 356 g/mol. The Labute approximate surface area is 155 Å². The van der Waals surface area contributed by atoms with Gasteiger partial charge >= 0.3 is 0 Å². The van der Waals surface area contributed by atoms with Crippen molar-refractivity contribution in [2.45, 2.75) is 18.9 Å². The third-order valence-corrected chi connectivity index (χ3v) is 4.85. The zero-order chi connectivity index (χ0) is 18.8. The molecule has 27 heavy (non-hydrogen) atoms. The van der Waals surface area contributed by atoms with Crippen LogP contribution in [-0.2, 0) is 6.42 Å². The Balaban J connectivity index is 1.70. The van der Waals surface area contributed by atoms with E-state index in [1.807, 2.05) is 12.1 Å². The van der Waals surface area contributed by atoms with Gasteiger partial charge in [-0.15, -0.1) is 0 Å². The lowest BCUT2D eigenvalue weighted by Gasteiger charge is -2.16. The molecule has 0 saturated carbocycles. The van der Waals surface area contributed by atoms with E-state index in [1.165, 1.54) is 6.07 Å². The number of anilines is 1. The smallest absolute Gasteiger partial charge is 0.263 e. The Morgan fingerprint density at radius 2 is 2.00 bits per heavy atom. The number of fused-ring (bicyclic) bond motifs is 1. The fourth-order valence-corrected chi connectivity index (χ4v) is 3.59. The number of aromatic nitrogens is 2. The third-order valence-electron chi connectivity index (χ3n) is 4.85. The highest BCUT2D eigenvalue weighted by atomic mass is 16.2. The molecule has 1 aliphatic rings. The Morgan fingerprint density at radius 1 is 1.19 bits per heavy atom. The van der Waals surface area contributed by atoms with Crippen LogP contribution in [0.3, 0.4) is 0 Å². The number of hydrogen-bond donors (Lipinski definition) is 1. The van der Waals surface area contributed by atoms with Crippen LogP contribution in [-0.4, -0.2) is 15.5 Å². The summed E-state index contributed by atoms with van der Waals surface area (Å²) in [6, 6.07) is 14.2. The van der Waals surface area contributed by atoms with Crippen molar-refractivity contribution in [1.82, 2.24) is 9.55 Å². The maximum atomic E-state index is 13.0. The highest BCUT2D eigenvalue weighted by molar-refractivity contribution is 6.03. The normalized spacial score (nSPS) is 15.0. The predicted molar refractivity (Wildman–Crippen MR) is 101 cm³/mol. The molecule has 4 rings (SSSR count). The second-order valence-electron chi connectivity index (χ2n) is 6.36. The van der Waals surface area contributed by atoms with Crippen molar-refractivity contribution in [3.05, 3.63) is 93.7 Å². The number of rotatable bonds is 3. The molecule has 1 aromatic carbocycles. The van der Waals surface area contributed by atoms with Gasteiger partial charge in [-0.1, -0.05) is 12.1 Å². The van der Waals surface area contributed by atoms with Crippen LogP contribution in [0.1, 0.15) is 39.5 Å². The number of nitrogens with one attached hydrogen (secondary N) is 1. The first-order chi connectivity index (χ1) is 13.2. The van der Waals surface area contributed by atoms with E-state index in [0.717, 1.165) is 24.0 Å². The summed E-state index contributed by atoms with van der Waals surface area (Å²) in [6.45, 7) is 0. The number of carbonyl (C=O) groups is 1. The number of nitriles is 1. The minimum atomic E-state index is -0.454. The largest absolute Gasteiger partial charge is 0.322 e. The molecule has 6 heteroatoms. The number of carbonyl (C=O) groups excluding carboxylic acids is 1. The molecule has 2 aromatic heterocycles. The van der Waals surface area contributed by atoms with E-state index in [4.69, 9.17) is 0 Å². The van der Waals surface area contributed by atoms with Crippen LogP contribution < -0.4 is 10.9 Å². The van der Waals surface area contributed by atoms with Crippen molar-refractivity contribution in [3.8, 4) is 6.07 Å². The monoisotopic (exact) mass is 356 g/mol. The van der Waals surface area contributed by atoms with Crippen LogP contribution in [0.15, 0.2) is 65.8 Å². The van der Waals surface area contributed by atoms with Gasteiger partial charge in [-0.25, -0.2) is 0 Å². The molecule has 1 N–H and O–H groups in total. The van der Waals surface area contributed by atoms with Gasteiger partial charge in [0.15, 0.2) is 0 Å². The molecule has 3 aromatic rings. The molecule has 1 unspecified atom stereocenters. The first kappa shape index (κ1) is 16.7. The van der Waals surface area contributed by atoms with Gasteiger partial charge in [-0.05, 0) is 54.3 Å². The van der Waals surface area contributed by atoms with Crippen molar-refractivity contribution in [3.63, 3.8) is 0 Å². The lowest BCUT2D eigenvalue weighted by molar-refractivity contribution is 0.102. The second-order valence-corrected chi connectivity index (χ2v) is 6.36. The topological polar surface area (TPSA) is 87.8 Å². The van der Waals surface area contributed by atoms with Crippen molar-refractivity contribution >= 4 is 11.6 Å². The van der Waals surface area contributed by atoms with Crippen molar-refractivity contribution in [2.24, 2.45) is 0 Å². The summed E-state index contributed by atoms with van der Waals surface area (Å²) in [5.41, 5.74) is 2.93. The maximum absolute atomic E-state index is 13.0. The number of hydrogen-bond acceptors (Lipinski definition) is 4. The Bertz CT molecular complexity index is 1110. The molecule has 0 saturated heterocycles. The van der Waals surface area contributed by atoms with E-state index >= 15 is 0 Å². The van der Waals surface area contributed by atoms with Crippen LogP contribution in [0.2, 0.25) is 0 Å². The summed E-state index contributed by atoms with van der Waals surface area (Å²) in [7, 11) is 0. The first-order valence-corrected chi connectivity index (χ1v) is 8.63. The molecule has 0 bridgehead atoms. The maximum Gasteiger partial charge on any atom is 0.263 e. The van der Waals surface area contributed by atoms with Crippen LogP contribution in [0, 0.1) is 11.3 Å². The van der Waals surface area contributed by atoms with Crippen LogP contribution in [0.5, 0.6) is 0 Å². The van der Waals surface area contributed by atoms with E-state index in [2.05, 4.69) is 16.4 Å². The number of amides is 1. The molecular formula is C21H16N4O2. The lowest BCUT2D eigenvalue weighted by atomic mass is 10.0. The second kappa shape index (κ2) is 6.89. The Morgan fingerprint density at radius 3 is 2.78 bits per heavy atom. The molecular weight excluding hydrogens is 340 g/mol. The SMILES string of the molecule is N#Cc1cccc2c1CCC2n1cccc(C(=O)Nc2ccncc2)c1=O. The fourth-order valence-electron chi connectivity index (χ4n) is 3.59. The number of benzene rings is 1. The molecule has 0 spiro atoms. The molecule has 1 amide bonds. The van der Waals surface area contributed by atoms with Gasteiger partial charge in [-0.2, -0.15) is 5.26 Å². The Kier molecular flexibility index (Phi) is 4.27. The molecule has 0 fully saturated rings. The fraction of sp³-hybridized carbons (Fsp3) is 0.143. The highest BCUT2D eigenvalue weighted by Gasteiger charge is 2.27. The minimum Gasteiger partial charge on any atom is -0.322 e. The summed E-state index contributed by atoms with van der Waals surface area (Å²) in [5, 5.41) is 12.0. The average Bonchev–Trinajstić information content (AvgIpc) is 3.13. The summed E-state index contributed by atoms with van der Waals surface area (Å²) >= 11 is 0. The quantitative estimate of drug-likeness (QED) is 0.781. The molecule has 1 atom stereocenters. The molecule has 2 heterocycles. The first-order valence-electron chi connectivity index (χ1n) is 8.63. The predicted octanol–water partition coefficient (Wildman–Crippen LogP) is 2.90. The van der Waals surface area contributed by atoms with Gasteiger partial charge in [0.25, 0.3) is 11.5 Å². The summed E-state index contributed by atoms with van der Waals surface area (Å²) in [5.74, 6) is -0.454. The van der Waals surface area contributed by atoms with Gasteiger partial charge in [0.2, 0.25) is 0 Å². The Hall–Kier alpha value is -3.72. The summed E-state index contributed by atoms with van der Waals surface area (Å²) < 4.78 is 1.59. The number of pyridine rings is 2. The molecule has 132 valence electrons. The molecule has 1 aliphatic carbocycles. The highest BCUT2D eigenvalue weighted by Crippen LogP contribution is 2.35. The van der Waals surface area contributed by atoms with Crippen molar-refractivity contribution < 1.29 is 4.79 Å². The molecule has 6 nitrogen and oxygen atoms in total. The van der Waals surface area contributed by atoms with Gasteiger partial charge < -0.3 is 9.88 Å².